The minimum absolute atomic E-state index is 0.240. The Kier molecular flexibility index (Phi) is 9.39. The normalized spacial score (nSPS) is 23.5. The third kappa shape index (κ3) is 6.98. The van der Waals surface area contributed by atoms with Crippen molar-refractivity contribution in [3.8, 4) is 11.5 Å². The highest BCUT2D eigenvalue weighted by molar-refractivity contribution is 5.73. The molecule has 0 spiro atoms. The number of carboxylic acids is 1. The second-order valence-corrected chi connectivity index (χ2v) is 7.25. The lowest BCUT2D eigenvalue weighted by molar-refractivity contribution is -0.192. The predicted octanol–water partition coefficient (Wildman–Crippen LogP) is 3.15. The van der Waals surface area contributed by atoms with Crippen LogP contribution in [0.3, 0.4) is 0 Å². The summed E-state index contributed by atoms with van der Waals surface area (Å²) in [6.45, 7) is 5.68. The molecule has 1 N–H and O–H groups in total. The van der Waals surface area contributed by atoms with Crippen LogP contribution in [0.15, 0.2) is 18.2 Å². The molecule has 2 aliphatic rings. The van der Waals surface area contributed by atoms with Gasteiger partial charge in [0.1, 0.15) is 0 Å². The molecule has 10 heteroatoms. The van der Waals surface area contributed by atoms with Gasteiger partial charge in [0.05, 0.1) is 33.0 Å². The first-order valence-corrected chi connectivity index (χ1v) is 10.2. The zero-order valence-corrected chi connectivity index (χ0v) is 18.0. The molecule has 1 saturated heterocycles. The Morgan fingerprint density at radius 3 is 2.48 bits per heavy atom. The van der Waals surface area contributed by atoms with Gasteiger partial charge in [0, 0.05) is 25.7 Å². The lowest BCUT2D eigenvalue weighted by atomic mass is 10.1. The molecule has 2 fully saturated rings. The first-order valence-electron chi connectivity index (χ1n) is 10.2. The number of carboxylic acid groups (broad SMARTS) is 1. The fourth-order valence-corrected chi connectivity index (χ4v) is 3.97. The Morgan fingerprint density at radius 1 is 1.23 bits per heavy atom. The van der Waals surface area contributed by atoms with Gasteiger partial charge in [-0.05, 0) is 43.9 Å². The second-order valence-electron chi connectivity index (χ2n) is 7.25. The highest BCUT2D eigenvalue weighted by atomic mass is 19.4. The van der Waals surface area contributed by atoms with Crippen molar-refractivity contribution in [1.29, 1.82) is 0 Å². The quantitative estimate of drug-likeness (QED) is 0.685. The predicted molar refractivity (Wildman–Crippen MR) is 107 cm³/mol. The Hall–Kier alpha value is -2.04. The zero-order chi connectivity index (χ0) is 23.0. The molecule has 1 aromatic carbocycles. The van der Waals surface area contributed by atoms with Crippen LogP contribution in [0.2, 0.25) is 0 Å². The molecule has 0 unspecified atom stereocenters. The van der Waals surface area contributed by atoms with Gasteiger partial charge in [-0.15, -0.1) is 0 Å². The molecule has 1 aliphatic heterocycles. The number of alkyl halides is 3. The maximum Gasteiger partial charge on any atom is 0.490 e. The van der Waals surface area contributed by atoms with E-state index in [4.69, 9.17) is 28.8 Å². The van der Waals surface area contributed by atoms with Crippen molar-refractivity contribution in [1.82, 2.24) is 4.90 Å². The van der Waals surface area contributed by atoms with E-state index in [1.54, 1.807) is 14.2 Å². The summed E-state index contributed by atoms with van der Waals surface area (Å²) >= 11 is 0. The van der Waals surface area contributed by atoms with E-state index in [0.29, 0.717) is 6.04 Å². The van der Waals surface area contributed by atoms with E-state index in [1.807, 2.05) is 6.07 Å². The lowest BCUT2D eigenvalue weighted by Gasteiger charge is -2.39. The second kappa shape index (κ2) is 11.5. The molecule has 7 nitrogen and oxygen atoms in total. The Bertz CT molecular complexity index is 715. The number of fused-ring (bicyclic) bond motifs is 1. The average Bonchev–Trinajstić information content (AvgIpc) is 3.15. The summed E-state index contributed by atoms with van der Waals surface area (Å²) in [6, 6.07) is 6.68. The van der Waals surface area contributed by atoms with Gasteiger partial charge >= 0.3 is 12.1 Å². The number of methoxy groups -OCH3 is 2. The SMILES string of the molecule is CCO[C@H]1CC[C@H]2[C@H]1OCCN2CCc1ccc(OC)c(OC)c1.O=C(O)C(F)(F)F. The van der Waals surface area contributed by atoms with Gasteiger partial charge in [0.2, 0.25) is 0 Å². The van der Waals surface area contributed by atoms with Crippen molar-refractivity contribution >= 4 is 5.97 Å². The minimum atomic E-state index is -5.08. The molecule has 0 amide bonds. The van der Waals surface area contributed by atoms with Crippen molar-refractivity contribution < 1.29 is 42.0 Å². The van der Waals surface area contributed by atoms with Gasteiger partial charge in [-0.1, -0.05) is 6.07 Å². The maximum absolute atomic E-state index is 10.6. The molecule has 0 bridgehead atoms. The number of nitrogens with zero attached hydrogens (tertiary/aromatic N) is 1. The summed E-state index contributed by atoms with van der Waals surface area (Å²) in [5.41, 5.74) is 1.27. The standard InChI is InChI=1S/C19H29NO4.C2HF3O2/c1-4-23-17-8-6-15-19(17)24-12-11-20(15)10-9-14-5-7-16(21-2)18(13-14)22-3;3-2(4,5)1(6)7/h5,7,13,15,17,19H,4,6,8-12H2,1-3H3;(H,6,7)/t15-,17-,19+;/m0./s1. The van der Waals surface area contributed by atoms with E-state index in [-0.39, 0.29) is 12.2 Å². The van der Waals surface area contributed by atoms with Gasteiger partial charge in [0.25, 0.3) is 0 Å². The van der Waals surface area contributed by atoms with E-state index in [2.05, 4.69) is 24.0 Å². The topological polar surface area (TPSA) is 77.5 Å². The van der Waals surface area contributed by atoms with Gasteiger partial charge in [-0.3, -0.25) is 4.90 Å². The van der Waals surface area contributed by atoms with Crippen LogP contribution < -0.4 is 9.47 Å². The van der Waals surface area contributed by atoms with Crippen molar-refractivity contribution in [2.75, 3.05) is 40.5 Å². The Labute approximate surface area is 180 Å². The average molecular weight is 449 g/mol. The van der Waals surface area contributed by atoms with E-state index in [1.165, 1.54) is 12.0 Å². The van der Waals surface area contributed by atoms with Crippen LogP contribution in [0.4, 0.5) is 13.2 Å². The number of morpholine rings is 1. The van der Waals surface area contributed by atoms with Gasteiger partial charge in [-0.25, -0.2) is 4.79 Å². The minimum Gasteiger partial charge on any atom is -0.493 e. The van der Waals surface area contributed by atoms with Gasteiger partial charge < -0.3 is 24.1 Å². The van der Waals surface area contributed by atoms with Crippen LogP contribution in [-0.2, 0) is 20.7 Å². The van der Waals surface area contributed by atoms with Crippen LogP contribution in [0.25, 0.3) is 0 Å². The van der Waals surface area contributed by atoms with Crippen molar-refractivity contribution in [2.45, 2.75) is 50.6 Å². The lowest BCUT2D eigenvalue weighted by Crippen LogP contribution is -2.52. The fourth-order valence-electron chi connectivity index (χ4n) is 3.97. The highest BCUT2D eigenvalue weighted by Crippen LogP contribution is 2.33. The number of carbonyl (C=O) groups is 1. The zero-order valence-electron chi connectivity index (χ0n) is 18.0. The summed E-state index contributed by atoms with van der Waals surface area (Å²) in [5.74, 6) is -1.18. The number of ether oxygens (including phenoxy) is 4. The molecule has 1 saturated carbocycles. The fraction of sp³-hybridized carbons (Fsp3) is 0.667. The van der Waals surface area contributed by atoms with Crippen molar-refractivity contribution in [2.24, 2.45) is 0 Å². The number of aliphatic carboxylic acids is 1. The number of benzene rings is 1. The summed E-state index contributed by atoms with van der Waals surface area (Å²) in [4.78, 5) is 11.5. The van der Waals surface area contributed by atoms with Crippen LogP contribution in [0.1, 0.15) is 25.3 Å². The highest BCUT2D eigenvalue weighted by Gasteiger charge is 2.42. The Morgan fingerprint density at radius 2 is 1.90 bits per heavy atom. The van der Waals surface area contributed by atoms with Gasteiger partial charge in [0.15, 0.2) is 11.5 Å². The molecular formula is C21H30F3NO6. The van der Waals surface area contributed by atoms with Crippen LogP contribution in [0.5, 0.6) is 11.5 Å². The molecule has 31 heavy (non-hydrogen) atoms. The number of hydrogen-bond donors (Lipinski definition) is 1. The summed E-state index contributed by atoms with van der Waals surface area (Å²) in [5, 5.41) is 7.12. The third-order valence-corrected chi connectivity index (χ3v) is 5.41. The molecule has 3 rings (SSSR count). The van der Waals surface area contributed by atoms with E-state index >= 15 is 0 Å². The monoisotopic (exact) mass is 449 g/mol. The van der Waals surface area contributed by atoms with E-state index < -0.39 is 12.1 Å². The molecule has 0 radical (unpaired) electrons. The van der Waals surface area contributed by atoms with Gasteiger partial charge in [-0.2, -0.15) is 13.2 Å². The molecule has 1 aromatic rings. The number of halogens is 3. The van der Waals surface area contributed by atoms with Crippen LogP contribution in [0, 0.1) is 0 Å². The summed E-state index contributed by atoms with van der Waals surface area (Å²) < 4.78 is 54.3. The summed E-state index contributed by atoms with van der Waals surface area (Å²) in [7, 11) is 3.35. The molecule has 0 aromatic heterocycles. The Balaban J connectivity index is 0.000000423. The van der Waals surface area contributed by atoms with Crippen LogP contribution >= 0.6 is 0 Å². The number of hydrogen-bond acceptors (Lipinski definition) is 6. The molecule has 1 aliphatic carbocycles. The third-order valence-electron chi connectivity index (χ3n) is 5.41. The van der Waals surface area contributed by atoms with Crippen LogP contribution in [-0.4, -0.2) is 80.9 Å². The molecule has 3 atom stereocenters. The smallest absolute Gasteiger partial charge is 0.490 e. The van der Waals surface area contributed by atoms with Crippen molar-refractivity contribution in [3.05, 3.63) is 23.8 Å². The first-order chi connectivity index (χ1) is 14.7. The molecule has 176 valence electrons. The molecular weight excluding hydrogens is 419 g/mol. The number of rotatable bonds is 7. The largest absolute Gasteiger partial charge is 0.493 e. The van der Waals surface area contributed by atoms with Crippen molar-refractivity contribution in [3.63, 3.8) is 0 Å². The van der Waals surface area contributed by atoms with E-state index in [9.17, 15) is 13.2 Å². The maximum atomic E-state index is 10.6. The molecule has 1 heterocycles. The van der Waals surface area contributed by atoms with E-state index in [0.717, 1.165) is 50.6 Å². The summed E-state index contributed by atoms with van der Waals surface area (Å²) in [6.07, 6.45) is -1.30. The first kappa shape index (κ1) is 25.2.